The van der Waals surface area contributed by atoms with Gasteiger partial charge in [-0.2, -0.15) is 0 Å². The Labute approximate surface area is 156 Å². The van der Waals surface area contributed by atoms with Crippen molar-refractivity contribution >= 4 is 35.1 Å². The van der Waals surface area contributed by atoms with Crippen LogP contribution in [0.25, 0.3) is 0 Å². The van der Waals surface area contributed by atoms with E-state index in [1.807, 2.05) is 13.8 Å². The number of amides is 2. The molecule has 2 heterocycles. The number of nitrogens with zero attached hydrogens (tertiary/aromatic N) is 3. The number of fused-ring (bicyclic) bond motifs is 1. The van der Waals surface area contributed by atoms with Gasteiger partial charge in [0.15, 0.2) is 0 Å². The van der Waals surface area contributed by atoms with Crippen LogP contribution in [0.5, 0.6) is 0 Å². The summed E-state index contributed by atoms with van der Waals surface area (Å²) >= 11 is 5.85. The van der Waals surface area contributed by atoms with E-state index in [9.17, 15) is 9.59 Å². The molecule has 0 unspecified atom stereocenters. The van der Waals surface area contributed by atoms with Gasteiger partial charge in [0.25, 0.3) is 0 Å². The van der Waals surface area contributed by atoms with E-state index in [-0.39, 0.29) is 23.9 Å². The fraction of sp³-hybridized carbons (Fsp3) is 0.333. The highest BCUT2D eigenvalue weighted by atomic mass is 35.5. The normalized spacial score (nSPS) is 21.8. The van der Waals surface area contributed by atoms with Gasteiger partial charge < -0.3 is 16.0 Å². The van der Waals surface area contributed by atoms with Gasteiger partial charge in [-0.25, -0.2) is 9.97 Å². The summed E-state index contributed by atoms with van der Waals surface area (Å²) in [7, 11) is 0. The van der Waals surface area contributed by atoms with E-state index < -0.39 is 5.91 Å². The fourth-order valence-corrected chi connectivity index (χ4v) is 3.48. The Morgan fingerprint density at radius 2 is 1.88 bits per heavy atom. The minimum atomic E-state index is -0.519. The van der Waals surface area contributed by atoms with Crippen LogP contribution >= 0.6 is 11.6 Å². The van der Waals surface area contributed by atoms with Crippen molar-refractivity contribution in [1.29, 1.82) is 0 Å². The predicted molar refractivity (Wildman–Crippen MR) is 100 cm³/mol. The zero-order valence-corrected chi connectivity index (χ0v) is 15.5. The highest BCUT2D eigenvalue weighted by molar-refractivity contribution is 6.30. The Morgan fingerprint density at radius 1 is 1.23 bits per heavy atom. The number of nitrogens with one attached hydrogen (secondary N) is 1. The number of aromatic nitrogens is 2. The topological polar surface area (TPSA) is 101 Å². The van der Waals surface area contributed by atoms with Crippen LogP contribution in [0.15, 0.2) is 30.6 Å². The number of carbonyl (C=O) groups is 2. The number of nitrogens with two attached hydrogens (primary N) is 1. The lowest BCUT2D eigenvalue weighted by Gasteiger charge is -2.43. The molecular formula is C18H20ClN5O2. The van der Waals surface area contributed by atoms with E-state index in [0.29, 0.717) is 16.5 Å². The van der Waals surface area contributed by atoms with Crippen LogP contribution in [-0.4, -0.2) is 27.8 Å². The van der Waals surface area contributed by atoms with Crippen LogP contribution in [0.2, 0.25) is 5.02 Å². The van der Waals surface area contributed by atoms with Crippen molar-refractivity contribution in [3.8, 4) is 0 Å². The standard InChI is InChI=1S/C18H20ClN5O2/c1-9-10(2)24(11(3)25)15-5-4-12(17(20)26)6-14(15)16(9)23-18-21-7-13(19)8-22-18/h4-10,16H,1-3H3,(H2,20,26)(H,21,22,23)/t9-,10-,16+/m0/s1. The second-order valence-electron chi connectivity index (χ2n) is 6.47. The van der Waals surface area contributed by atoms with Gasteiger partial charge in [0, 0.05) is 30.1 Å². The highest BCUT2D eigenvalue weighted by Gasteiger charge is 2.38. The molecule has 2 amide bonds. The van der Waals surface area contributed by atoms with E-state index in [1.165, 1.54) is 19.3 Å². The lowest BCUT2D eigenvalue weighted by molar-refractivity contribution is -0.117. The molecule has 0 aliphatic carbocycles. The number of primary amides is 1. The molecule has 0 spiro atoms. The molecule has 0 saturated carbocycles. The molecule has 26 heavy (non-hydrogen) atoms. The summed E-state index contributed by atoms with van der Waals surface area (Å²) in [5.74, 6) is -0.118. The number of hydrogen-bond donors (Lipinski definition) is 2. The Hall–Kier alpha value is -2.67. The molecule has 8 heteroatoms. The molecule has 0 bridgehead atoms. The van der Waals surface area contributed by atoms with Gasteiger partial charge in [0.1, 0.15) is 0 Å². The van der Waals surface area contributed by atoms with E-state index >= 15 is 0 Å². The second-order valence-corrected chi connectivity index (χ2v) is 6.91. The van der Waals surface area contributed by atoms with E-state index in [2.05, 4.69) is 15.3 Å². The minimum absolute atomic E-state index is 0.0359. The summed E-state index contributed by atoms with van der Waals surface area (Å²) in [5.41, 5.74) is 7.38. The molecule has 3 atom stereocenters. The van der Waals surface area contributed by atoms with Crippen molar-refractivity contribution in [3.05, 3.63) is 46.7 Å². The summed E-state index contributed by atoms with van der Waals surface area (Å²) in [4.78, 5) is 34.0. The molecule has 3 N–H and O–H groups in total. The summed E-state index contributed by atoms with van der Waals surface area (Å²) in [6, 6.07) is 4.87. The molecule has 0 saturated heterocycles. The van der Waals surface area contributed by atoms with Crippen LogP contribution in [0.1, 0.15) is 42.7 Å². The molecule has 3 rings (SSSR count). The van der Waals surface area contributed by atoms with Gasteiger partial charge in [-0.1, -0.05) is 18.5 Å². The van der Waals surface area contributed by atoms with Crippen molar-refractivity contribution in [2.45, 2.75) is 32.9 Å². The number of hydrogen-bond acceptors (Lipinski definition) is 5. The quantitative estimate of drug-likeness (QED) is 0.861. The number of rotatable bonds is 3. The zero-order valence-electron chi connectivity index (χ0n) is 14.7. The van der Waals surface area contributed by atoms with Crippen LogP contribution in [-0.2, 0) is 4.79 Å². The molecule has 136 valence electrons. The average molecular weight is 374 g/mol. The van der Waals surface area contributed by atoms with Gasteiger partial charge in [-0.3, -0.25) is 9.59 Å². The number of benzene rings is 1. The molecule has 7 nitrogen and oxygen atoms in total. The first-order valence-electron chi connectivity index (χ1n) is 8.27. The number of carbonyl (C=O) groups excluding carboxylic acids is 2. The summed E-state index contributed by atoms with van der Waals surface area (Å²) in [6.07, 6.45) is 3.02. The molecule has 1 aliphatic heterocycles. The Morgan fingerprint density at radius 3 is 2.46 bits per heavy atom. The number of halogens is 1. The third-order valence-corrected chi connectivity index (χ3v) is 5.04. The first kappa shape index (κ1) is 18.1. The summed E-state index contributed by atoms with van der Waals surface area (Å²) < 4.78 is 0. The Kier molecular flexibility index (Phi) is 4.82. The molecule has 0 fully saturated rings. The first-order chi connectivity index (χ1) is 12.3. The van der Waals surface area contributed by atoms with Gasteiger partial charge >= 0.3 is 0 Å². The van der Waals surface area contributed by atoms with Crippen molar-refractivity contribution in [2.75, 3.05) is 10.2 Å². The summed E-state index contributed by atoms with van der Waals surface area (Å²) in [5, 5.41) is 3.74. The third kappa shape index (κ3) is 3.22. The Bertz CT molecular complexity index is 855. The van der Waals surface area contributed by atoms with Gasteiger partial charge in [0.2, 0.25) is 17.8 Å². The van der Waals surface area contributed by atoms with Gasteiger partial charge in [-0.15, -0.1) is 0 Å². The van der Waals surface area contributed by atoms with Crippen molar-refractivity contribution in [3.63, 3.8) is 0 Å². The Balaban J connectivity index is 2.09. The second kappa shape index (κ2) is 6.92. The zero-order chi connectivity index (χ0) is 19.0. The van der Waals surface area contributed by atoms with Crippen LogP contribution < -0.4 is 16.0 Å². The molecule has 1 aromatic carbocycles. The van der Waals surface area contributed by atoms with Crippen molar-refractivity contribution in [2.24, 2.45) is 11.7 Å². The van der Waals surface area contributed by atoms with E-state index in [0.717, 1.165) is 11.3 Å². The molecule has 1 aliphatic rings. The van der Waals surface area contributed by atoms with E-state index in [4.69, 9.17) is 17.3 Å². The van der Waals surface area contributed by atoms with Gasteiger partial charge in [0.05, 0.1) is 23.5 Å². The predicted octanol–water partition coefficient (Wildman–Crippen LogP) is 2.77. The van der Waals surface area contributed by atoms with Crippen molar-refractivity contribution in [1.82, 2.24) is 9.97 Å². The van der Waals surface area contributed by atoms with Crippen LogP contribution in [0.4, 0.5) is 11.6 Å². The largest absolute Gasteiger partial charge is 0.366 e. The molecule has 1 aromatic heterocycles. The lowest BCUT2D eigenvalue weighted by Crippen LogP contribution is -2.48. The third-order valence-electron chi connectivity index (χ3n) is 4.84. The molecule has 0 radical (unpaired) electrons. The molecular weight excluding hydrogens is 354 g/mol. The average Bonchev–Trinajstić information content (AvgIpc) is 2.60. The first-order valence-corrected chi connectivity index (χ1v) is 8.65. The highest BCUT2D eigenvalue weighted by Crippen LogP contribution is 2.42. The van der Waals surface area contributed by atoms with E-state index in [1.54, 1.807) is 23.1 Å². The van der Waals surface area contributed by atoms with Gasteiger partial charge in [-0.05, 0) is 30.7 Å². The fourth-order valence-electron chi connectivity index (χ4n) is 3.38. The van der Waals surface area contributed by atoms with Crippen LogP contribution in [0, 0.1) is 5.92 Å². The summed E-state index contributed by atoms with van der Waals surface area (Å²) in [6.45, 7) is 5.56. The monoisotopic (exact) mass is 373 g/mol. The smallest absolute Gasteiger partial charge is 0.248 e. The van der Waals surface area contributed by atoms with Crippen LogP contribution in [0.3, 0.4) is 0 Å². The maximum Gasteiger partial charge on any atom is 0.248 e. The SMILES string of the molecule is CC(=O)N1c2ccc(C(N)=O)cc2[C@H](Nc2ncc(Cl)cn2)[C@@H](C)[C@@H]1C. The maximum atomic E-state index is 12.2. The van der Waals surface area contributed by atoms with Crippen molar-refractivity contribution < 1.29 is 9.59 Å². The lowest BCUT2D eigenvalue weighted by atomic mass is 9.82. The number of anilines is 2. The molecule has 2 aromatic rings. The maximum absolute atomic E-state index is 12.2. The minimum Gasteiger partial charge on any atom is -0.366 e.